The summed E-state index contributed by atoms with van der Waals surface area (Å²) in [6.45, 7) is 4.48. The largest absolute Gasteiger partial charge is 0.249 e. The van der Waals surface area contributed by atoms with Gasteiger partial charge >= 0.3 is 0 Å². The molecular weight excluding hydrogens is 256 g/mol. The van der Waals surface area contributed by atoms with Crippen molar-refractivity contribution in [3.8, 4) is 0 Å². The van der Waals surface area contributed by atoms with Crippen LogP contribution in [0.5, 0.6) is 0 Å². The lowest BCUT2D eigenvalue weighted by molar-refractivity contribution is 0.405. The Hall–Kier alpha value is -0.770. The lowest BCUT2D eigenvalue weighted by atomic mass is 9.77. The van der Waals surface area contributed by atoms with Gasteiger partial charge in [-0.3, -0.25) is 0 Å². The molecule has 0 aliphatic carbocycles. The van der Waals surface area contributed by atoms with Crippen molar-refractivity contribution in [1.29, 1.82) is 0 Å². The van der Waals surface area contributed by atoms with Crippen LogP contribution in [0, 0.1) is 4.91 Å². The van der Waals surface area contributed by atoms with Gasteiger partial charge in [-0.05, 0) is 40.4 Å². The molecular formula is C11H15BrN2O. The van der Waals surface area contributed by atoms with Crippen molar-refractivity contribution in [3.05, 3.63) is 33.4 Å². The molecule has 0 aromatic carbocycles. The molecule has 0 fully saturated rings. The number of rotatable bonds is 5. The third kappa shape index (κ3) is 2.62. The van der Waals surface area contributed by atoms with Gasteiger partial charge in [-0.15, -0.1) is 0 Å². The molecule has 82 valence electrons. The Morgan fingerprint density at radius 2 is 2.07 bits per heavy atom. The number of nitroso groups, excluding NO2 is 1. The summed E-state index contributed by atoms with van der Waals surface area (Å²) in [5.74, 6) is 0. The van der Waals surface area contributed by atoms with Crippen molar-refractivity contribution >= 4 is 15.9 Å². The summed E-state index contributed by atoms with van der Waals surface area (Å²) in [6.07, 6.45) is 3.62. The van der Waals surface area contributed by atoms with Gasteiger partial charge in [-0.1, -0.05) is 25.1 Å². The summed E-state index contributed by atoms with van der Waals surface area (Å²) >= 11 is 3.30. The van der Waals surface area contributed by atoms with E-state index in [0.717, 1.165) is 23.0 Å². The fourth-order valence-corrected chi connectivity index (χ4v) is 2.02. The van der Waals surface area contributed by atoms with Gasteiger partial charge in [0.15, 0.2) is 0 Å². The minimum absolute atomic E-state index is 0.143. The van der Waals surface area contributed by atoms with E-state index in [4.69, 9.17) is 0 Å². The van der Waals surface area contributed by atoms with Gasteiger partial charge in [0.05, 0.1) is 6.54 Å². The highest BCUT2D eigenvalue weighted by atomic mass is 79.9. The lowest BCUT2D eigenvalue weighted by Crippen LogP contribution is -2.28. The van der Waals surface area contributed by atoms with E-state index in [0.29, 0.717) is 6.54 Å². The Labute approximate surface area is 98.4 Å². The predicted octanol–water partition coefficient (Wildman–Crippen LogP) is 3.67. The fraction of sp³-hybridized carbons (Fsp3) is 0.545. The van der Waals surface area contributed by atoms with Crippen molar-refractivity contribution in [2.45, 2.75) is 32.1 Å². The Bertz CT molecular complexity index is 320. The van der Waals surface area contributed by atoms with Gasteiger partial charge in [0.1, 0.15) is 4.60 Å². The van der Waals surface area contributed by atoms with E-state index in [1.165, 1.54) is 0 Å². The first-order valence-corrected chi connectivity index (χ1v) is 5.89. The second-order valence-electron chi connectivity index (χ2n) is 3.64. The maximum Gasteiger partial charge on any atom is 0.106 e. The standard InChI is InChI=1S/C11H15BrN2O/c1-3-11(4-2,8-14-15)9-5-6-10(12)13-7-9/h5-7H,3-4,8H2,1-2H3. The third-order valence-electron chi connectivity index (χ3n) is 3.06. The van der Waals surface area contributed by atoms with Crippen LogP contribution in [0.25, 0.3) is 0 Å². The van der Waals surface area contributed by atoms with Gasteiger partial charge in [-0.25, -0.2) is 4.98 Å². The summed E-state index contributed by atoms with van der Waals surface area (Å²) < 4.78 is 0.811. The maximum absolute atomic E-state index is 10.5. The van der Waals surface area contributed by atoms with Crippen LogP contribution in [0.15, 0.2) is 28.1 Å². The topological polar surface area (TPSA) is 42.3 Å². The van der Waals surface area contributed by atoms with Gasteiger partial charge in [0, 0.05) is 11.6 Å². The molecule has 15 heavy (non-hydrogen) atoms. The SMILES string of the molecule is CCC(CC)(CN=O)c1ccc(Br)nc1. The lowest BCUT2D eigenvalue weighted by Gasteiger charge is -2.28. The zero-order valence-corrected chi connectivity index (χ0v) is 10.6. The normalized spacial score (nSPS) is 11.4. The van der Waals surface area contributed by atoms with Crippen molar-refractivity contribution in [2.24, 2.45) is 5.18 Å². The molecule has 0 saturated heterocycles. The summed E-state index contributed by atoms with van der Waals surface area (Å²) in [5, 5.41) is 3.06. The highest BCUT2D eigenvalue weighted by Crippen LogP contribution is 2.32. The van der Waals surface area contributed by atoms with Crippen LogP contribution in [0.4, 0.5) is 0 Å². The first-order chi connectivity index (χ1) is 7.18. The number of pyridine rings is 1. The molecule has 0 bridgehead atoms. The van der Waals surface area contributed by atoms with Crippen molar-refractivity contribution < 1.29 is 0 Å². The van der Waals surface area contributed by atoms with Crippen molar-refractivity contribution in [2.75, 3.05) is 6.54 Å². The summed E-state index contributed by atoms with van der Waals surface area (Å²) in [5.41, 5.74) is 0.949. The number of aromatic nitrogens is 1. The maximum atomic E-state index is 10.5. The number of hydrogen-bond acceptors (Lipinski definition) is 3. The molecule has 0 amide bonds. The van der Waals surface area contributed by atoms with E-state index in [2.05, 4.69) is 39.9 Å². The van der Waals surface area contributed by atoms with Crippen molar-refractivity contribution in [3.63, 3.8) is 0 Å². The number of nitrogens with zero attached hydrogens (tertiary/aromatic N) is 2. The molecule has 0 saturated carbocycles. The van der Waals surface area contributed by atoms with E-state index in [-0.39, 0.29) is 5.41 Å². The molecule has 4 heteroatoms. The molecule has 0 radical (unpaired) electrons. The second kappa shape index (κ2) is 5.35. The summed E-state index contributed by atoms with van der Waals surface area (Å²) in [6, 6.07) is 3.91. The van der Waals surface area contributed by atoms with Crippen LogP contribution in [0.1, 0.15) is 32.3 Å². The van der Waals surface area contributed by atoms with E-state index >= 15 is 0 Å². The zero-order chi connectivity index (χ0) is 11.3. The Kier molecular flexibility index (Phi) is 4.39. The van der Waals surface area contributed by atoms with E-state index in [1.54, 1.807) is 0 Å². The monoisotopic (exact) mass is 270 g/mol. The van der Waals surface area contributed by atoms with Crippen LogP contribution in [-0.4, -0.2) is 11.5 Å². The van der Waals surface area contributed by atoms with Crippen LogP contribution >= 0.6 is 15.9 Å². The van der Waals surface area contributed by atoms with Gasteiger partial charge < -0.3 is 0 Å². The Morgan fingerprint density at radius 3 is 2.47 bits per heavy atom. The van der Waals surface area contributed by atoms with Gasteiger partial charge in [0.2, 0.25) is 0 Å². The summed E-state index contributed by atoms with van der Waals surface area (Å²) in [4.78, 5) is 14.7. The molecule has 1 aromatic heterocycles. The molecule has 0 aliphatic rings. The van der Waals surface area contributed by atoms with Crippen LogP contribution in [-0.2, 0) is 5.41 Å². The molecule has 1 aromatic rings. The van der Waals surface area contributed by atoms with Gasteiger partial charge in [-0.2, -0.15) is 4.91 Å². The molecule has 0 aliphatic heterocycles. The average Bonchev–Trinajstić information content (AvgIpc) is 2.27. The minimum atomic E-state index is -0.143. The Morgan fingerprint density at radius 1 is 1.40 bits per heavy atom. The first-order valence-electron chi connectivity index (χ1n) is 5.09. The molecule has 3 nitrogen and oxygen atoms in total. The average molecular weight is 271 g/mol. The van der Waals surface area contributed by atoms with Crippen LogP contribution in [0.2, 0.25) is 0 Å². The van der Waals surface area contributed by atoms with E-state index < -0.39 is 0 Å². The van der Waals surface area contributed by atoms with Crippen molar-refractivity contribution in [1.82, 2.24) is 4.98 Å². The number of hydrogen-bond donors (Lipinski definition) is 0. The molecule has 1 heterocycles. The molecule has 1 rings (SSSR count). The second-order valence-corrected chi connectivity index (χ2v) is 4.46. The molecule has 0 spiro atoms. The third-order valence-corrected chi connectivity index (χ3v) is 3.53. The highest BCUT2D eigenvalue weighted by molar-refractivity contribution is 9.10. The van der Waals surface area contributed by atoms with Gasteiger partial charge in [0.25, 0.3) is 0 Å². The summed E-state index contributed by atoms with van der Waals surface area (Å²) in [7, 11) is 0. The Balaban J connectivity index is 3.07. The first kappa shape index (κ1) is 12.3. The van der Waals surface area contributed by atoms with Crippen LogP contribution < -0.4 is 0 Å². The molecule has 0 atom stereocenters. The fourth-order valence-electron chi connectivity index (χ4n) is 1.79. The highest BCUT2D eigenvalue weighted by Gasteiger charge is 2.29. The minimum Gasteiger partial charge on any atom is -0.249 e. The smallest absolute Gasteiger partial charge is 0.106 e. The quantitative estimate of drug-likeness (QED) is 0.605. The van der Waals surface area contributed by atoms with Crippen LogP contribution in [0.3, 0.4) is 0 Å². The predicted molar refractivity (Wildman–Crippen MR) is 64.9 cm³/mol. The van der Waals surface area contributed by atoms with E-state index in [9.17, 15) is 4.91 Å². The molecule has 0 N–H and O–H groups in total. The molecule has 0 unspecified atom stereocenters. The zero-order valence-electron chi connectivity index (χ0n) is 9.03. The van der Waals surface area contributed by atoms with E-state index in [1.807, 2.05) is 18.3 Å². The number of halogens is 1.